The monoisotopic (exact) mass is 316 g/mol. The van der Waals surface area contributed by atoms with Crippen LogP contribution in [0.3, 0.4) is 0 Å². The van der Waals surface area contributed by atoms with E-state index < -0.39 is 0 Å². The summed E-state index contributed by atoms with van der Waals surface area (Å²) in [5.41, 5.74) is 15.9. The molecular formula is C22H24N2. The van der Waals surface area contributed by atoms with Gasteiger partial charge in [-0.15, -0.1) is 0 Å². The molecule has 4 aromatic rings. The van der Waals surface area contributed by atoms with Crippen LogP contribution in [0.5, 0.6) is 0 Å². The third kappa shape index (κ3) is 2.10. The Morgan fingerprint density at radius 1 is 0.708 bits per heavy atom. The van der Waals surface area contributed by atoms with E-state index in [1.54, 1.807) is 0 Å². The predicted molar refractivity (Wildman–Crippen MR) is 105 cm³/mol. The summed E-state index contributed by atoms with van der Waals surface area (Å²) in [6.07, 6.45) is 0. The molecule has 2 heteroatoms. The van der Waals surface area contributed by atoms with Crippen LogP contribution < -0.4 is 11.5 Å². The van der Waals surface area contributed by atoms with Gasteiger partial charge in [0.25, 0.3) is 0 Å². The fourth-order valence-electron chi connectivity index (χ4n) is 3.84. The molecule has 0 aliphatic heterocycles. The van der Waals surface area contributed by atoms with Crippen LogP contribution >= 0.6 is 0 Å². The third-order valence-corrected chi connectivity index (χ3v) is 5.19. The van der Waals surface area contributed by atoms with Crippen LogP contribution in [0.1, 0.15) is 37.5 Å². The highest BCUT2D eigenvalue weighted by Crippen LogP contribution is 2.39. The molecular weight excluding hydrogens is 292 g/mol. The maximum absolute atomic E-state index is 6.01. The molecule has 122 valence electrons. The number of nitrogens with two attached hydrogens (primary N) is 2. The SMILES string of the molecule is CC(C)(C)c1cc2ccc3c(CN)cc(CN)c4ccc(c1)c2c34. The second-order valence-corrected chi connectivity index (χ2v) is 7.75. The molecule has 0 bridgehead atoms. The zero-order chi connectivity index (χ0) is 17.1. The Kier molecular flexibility index (Phi) is 3.31. The Labute approximate surface area is 142 Å². The van der Waals surface area contributed by atoms with Crippen molar-refractivity contribution < 1.29 is 0 Å². The number of hydrogen-bond donors (Lipinski definition) is 2. The smallest absolute Gasteiger partial charge is 0.0184 e. The van der Waals surface area contributed by atoms with Gasteiger partial charge in [-0.3, -0.25) is 0 Å². The lowest BCUT2D eigenvalue weighted by molar-refractivity contribution is 0.591. The summed E-state index contributed by atoms with van der Waals surface area (Å²) in [5, 5.41) is 7.76. The lowest BCUT2D eigenvalue weighted by atomic mass is 9.82. The minimum absolute atomic E-state index is 0.134. The molecule has 4 rings (SSSR count). The van der Waals surface area contributed by atoms with Crippen molar-refractivity contribution in [3.05, 3.63) is 59.2 Å². The van der Waals surface area contributed by atoms with Gasteiger partial charge in [-0.1, -0.05) is 63.2 Å². The molecule has 0 aliphatic carbocycles. The standard InChI is InChI=1S/C22H24N2/c1-22(2,3)17-9-13-4-6-18-15(11-23)8-16(12-24)19-7-5-14(10-17)20(13)21(18)19/h4-10H,11-12,23-24H2,1-3H3. The first-order chi connectivity index (χ1) is 11.4. The first kappa shape index (κ1) is 15.4. The Hall–Kier alpha value is -2.16. The van der Waals surface area contributed by atoms with E-state index in [1.807, 2.05) is 0 Å². The maximum atomic E-state index is 6.01. The molecule has 0 aromatic heterocycles. The van der Waals surface area contributed by atoms with Gasteiger partial charge < -0.3 is 11.5 Å². The Balaban J connectivity index is 2.23. The summed E-state index contributed by atoms with van der Waals surface area (Å²) in [6.45, 7) is 7.86. The maximum Gasteiger partial charge on any atom is 0.0184 e. The summed E-state index contributed by atoms with van der Waals surface area (Å²) >= 11 is 0. The second-order valence-electron chi connectivity index (χ2n) is 7.75. The number of hydrogen-bond acceptors (Lipinski definition) is 2. The van der Waals surface area contributed by atoms with Crippen molar-refractivity contribution in [2.75, 3.05) is 0 Å². The molecule has 0 saturated heterocycles. The van der Waals surface area contributed by atoms with Gasteiger partial charge in [0.2, 0.25) is 0 Å². The van der Waals surface area contributed by atoms with Crippen molar-refractivity contribution in [3.63, 3.8) is 0 Å². The van der Waals surface area contributed by atoms with Crippen LogP contribution in [0.25, 0.3) is 32.3 Å². The molecule has 0 fully saturated rings. The van der Waals surface area contributed by atoms with Crippen LogP contribution in [-0.2, 0) is 18.5 Å². The van der Waals surface area contributed by atoms with E-state index >= 15 is 0 Å². The topological polar surface area (TPSA) is 52.0 Å². The number of rotatable bonds is 2. The van der Waals surface area contributed by atoms with Crippen LogP contribution in [0.2, 0.25) is 0 Å². The third-order valence-electron chi connectivity index (χ3n) is 5.19. The minimum Gasteiger partial charge on any atom is -0.326 e. The van der Waals surface area contributed by atoms with Crippen molar-refractivity contribution >= 4 is 32.3 Å². The van der Waals surface area contributed by atoms with Crippen molar-refractivity contribution in [2.24, 2.45) is 11.5 Å². The lowest BCUT2D eigenvalue weighted by Gasteiger charge is -2.22. The molecule has 2 nitrogen and oxygen atoms in total. The van der Waals surface area contributed by atoms with Gasteiger partial charge >= 0.3 is 0 Å². The second kappa shape index (κ2) is 5.17. The summed E-state index contributed by atoms with van der Waals surface area (Å²) in [6, 6.07) is 15.7. The molecule has 0 amide bonds. The quantitative estimate of drug-likeness (QED) is 0.522. The largest absolute Gasteiger partial charge is 0.326 e. The molecule has 0 spiro atoms. The normalized spacial score (nSPS) is 12.7. The van der Waals surface area contributed by atoms with Gasteiger partial charge in [0, 0.05) is 13.1 Å². The van der Waals surface area contributed by atoms with Crippen LogP contribution in [0, 0.1) is 0 Å². The summed E-state index contributed by atoms with van der Waals surface area (Å²) in [7, 11) is 0. The van der Waals surface area contributed by atoms with Crippen molar-refractivity contribution in [1.29, 1.82) is 0 Å². The Bertz CT molecular complexity index is 983. The first-order valence-corrected chi connectivity index (χ1v) is 8.58. The van der Waals surface area contributed by atoms with E-state index in [0.29, 0.717) is 13.1 Å². The number of benzene rings is 4. The Morgan fingerprint density at radius 2 is 1.21 bits per heavy atom. The average molecular weight is 316 g/mol. The molecule has 0 heterocycles. The summed E-state index contributed by atoms with van der Waals surface area (Å²) in [4.78, 5) is 0. The fraction of sp³-hybridized carbons (Fsp3) is 0.273. The highest BCUT2D eigenvalue weighted by atomic mass is 14.5. The molecule has 0 radical (unpaired) electrons. The van der Waals surface area contributed by atoms with Gasteiger partial charge in [0.15, 0.2) is 0 Å². The van der Waals surface area contributed by atoms with Gasteiger partial charge in [-0.05, 0) is 54.4 Å². The fourth-order valence-corrected chi connectivity index (χ4v) is 3.84. The molecule has 24 heavy (non-hydrogen) atoms. The van der Waals surface area contributed by atoms with Crippen LogP contribution in [-0.4, -0.2) is 0 Å². The van der Waals surface area contributed by atoms with Crippen molar-refractivity contribution in [2.45, 2.75) is 39.3 Å². The van der Waals surface area contributed by atoms with Crippen molar-refractivity contribution in [3.8, 4) is 0 Å². The molecule has 0 unspecified atom stereocenters. The first-order valence-electron chi connectivity index (χ1n) is 8.58. The molecule has 4 aromatic carbocycles. The molecule has 0 saturated carbocycles. The summed E-state index contributed by atoms with van der Waals surface area (Å²) < 4.78 is 0. The van der Waals surface area contributed by atoms with E-state index in [1.165, 1.54) is 49.0 Å². The van der Waals surface area contributed by atoms with Gasteiger partial charge in [-0.2, -0.15) is 0 Å². The molecule has 4 N–H and O–H groups in total. The Morgan fingerprint density at radius 3 is 1.62 bits per heavy atom. The van der Waals surface area contributed by atoms with Gasteiger partial charge in [-0.25, -0.2) is 0 Å². The molecule has 0 atom stereocenters. The van der Waals surface area contributed by atoms with E-state index in [4.69, 9.17) is 11.5 Å². The van der Waals surface area contributed by atoms with Gasteiger partial charge in [0.1, 0.15) is 0 Å². The molecule has 0 aliphatic rings. The predicted octanol–water partition coefficient (Wildman–Crippen LogP) is 4.80. The average Bonchev–Trinajstić information content (AvgIpc) is 2.57. The minimum atomic E-state index is 0.134. The van der Waals surface area contributed by atoms with E-state index in [9.17, 15) is 0 Å². The van der Waals surface area contributed by atoms with E-state index in [-0.39, 0.29) is 5.41 Å². The summed E-state index contributed by atoms with van der Waals surface area (Å²) in [5.74, 6) is 0. The van der Waals surface area contributed by atoms with Crippen molar-refractivity contribution in [1.82, 2.24) is 0 Å². The lowest BCUT2D eigenvalue weighted by Crippen LogP contribution is -2.11. The highest BCUT2D eigenvalue weighted by Gasteiger charge is 2.18. The van der Waals surface area contributed by atoms with Crippen LogP contribution in [0.15, 0.2) is 42.5 Å². The van der Waals surface area contributed by atoms with E-state index in [0.717, 1.165) is 0 Å². The zero-order valence-electron chi connectivity index (χ0n) is 14.6. The van der Waals surface area contributed by atoms with Crippen LogP contribution in [0.4, 0.5) is 0 Å². The van der Waals surface area contributed by atoms with Gasteiger partial charge in [0.05, 0.1) is 0 Å². The van der Waals surface area contributed by atoms with E-state index in [2.05, 4.69) is 63.2 Å². The zero-order valence-corrected chi connectivity index (χ0v) is 14.6. The highest BCUT2D eigenvalue weighted by molar-refractivity contribution is 6.24.